The molecule has 3 N–H and O–H groups in total. The van der Waals surface area contributed by atoms with Crippen LogP contribution < -0.4 is 16.0 Å². The van der Waals surface area contributed by atoms with Crippen molar-refractivity contribution in [2.75, 3.05) is 7.05 Å². The first-order valence-electron chi connectivity index (χ1n) is 2.56. The number of hydrogen-bond donors (Lipinski definition) is 3. The van der Waals surface area contributed by atoms with E-state index in [-0.39, 0.29) is 65.4 Å². The molecule has 0 aliphatic heterocycles. The third-order valence-electron chi connectivity index (χ3n) is 0.817. The van der Waals surface area contributed by atoms with E-state index in [2.05, 4.69) is 36.2 Å². The van der Waals surface area contributed by atoms with Gasteiger partial charge in [-0.1, -0.05) is 13.2 Å². The maximum absolute atomic E-state index is 3.61. The Morgan fingerprint density at radius 2 is 1.64 bits per heavy atom. The average molecular weight is 304 g/mol. The Labute approximate surface area is 119 Å². The van der Waals surface area contributed by atoms with Gasteiger partial charge in [0, 0.05) is 72.5 Å². The molecule has 58 valence electrons. The van der Waals surface area contributed by atoms with Gasteiger partial charge in [0.1, 0.15) is 0 Å². The summed E-state index contributed by atoms with van der Waals surface area (Å²) in [7, 11) is 5.16. The molecule has 2 radical (unpaired) electrons. The largest absolute Gasteiger partial charge is 0.525 e. The second-order valence-electron chi connectivity index (χ2n) is 1.51. The van der Waals surface area contributed by atoms with E-state index in [4.69, 9.17) is 0 Å². The molecular weight excluding hydrogens is 292 g/mol. The summed E-state index contributed by atoms with van der Waals surface area (Å²) in [6.07, 6.45) is 0. The van der Waals surface area contributed by atoms with Crippen LogP contribution in [0.15, 0.2) is 24.8 Å². The first kappa shape index (κ1) is 18.0. The maximum Gasteiger partial charge on any atom is 0.0964 e. The maximum atomic E-state index is 3.61. The van der Waals surface area contributed by atoms with Gasteiger partial charge >= 0.3 is 0 Å². The van der Waals surface area contributed by atoms with Gasteiger partial charge < -0.3 is 16.0 Å². The predicted octanol–water partition coefficient (Wildman–Crippen LogP) is 0.114. The molecule has 5 heteroatoms. The van der Waals surface area contributed by atoms with Crippen molar-refractivity contribution in [2.45, 2.75) is 0 Å². The van der Waals surface area contributed by atoms with Crippen molar-refractivity contribution in [2.24, 2.45) is 0 Å². The number of nitrogens with one attached hydrogen (secondary N) is 3. The van der Waals surface area contributed by atoms with Crippen LogP contribution in [0.1, 0.15) is 0 Å². The molecule has 0 aliphatic carbocycles. The molecule has 0 heterocycles. The molecule has 0 aromatic rings. The van der Waals surface area contributed by atoms with E-state index in [1.54, 1.807) is 7.05 Å². The fourth-order valence-electron chi connectivity index (χ4n) is 0.289. The van der Waals surface area contributed by atoms with Crippen LogP contribution in [0.3, 0.4) is 0 Å². The number of hydrogen-bond acceptors (Lipinski definition) is 3. The van der Waals surface area contributed by atoms with E-state index in [1.807, 2.05) is 0 Å². The summed E-state index contributed by atoms with van der Waals surface area (Å²) in [4.78, 5) is 0. The van der Waals surface area contributed by atoms with Crippen LogP contribution in [0.2, 0.25) is 0 Å². The fraction of sp³-hybridized carbons (Fsp3) is 0.167. The van der Waals surface area contributed by atoms with Gasteiger partial charge in [0.25, 0.3) is 0 Å². The summed E-state index contributed by atoms with van der Waals surface area (Å²) in [5.41, 5.74) is 0. The molecule has 0 amide bonds. The summed E-state index contributed by atoms with van der Waals surface area (Å²) in [6, 6.07) is 0. The van der Waals surface area contributed by atoms with Crippen LogP contribution >= 0.6 is 0 Å². The molecule has 0 unspecified atom stereocenters. The van der Waals surface area contributed by atoms with Gasteiger partial charge in [-0.15, -0.1) is 0 Å². The van der Waals surface area contributed by atoms with E-state index in [9.17, 15) is 0 Å². The molecule has 0 spiro atoms. The fourth-order valence-corrected chi connectivity index (χ4v) is 0.289. The molecule has 0 aromatic heterocycles. The van der Waals surface area contributed by atoms with Crippen LogP contribution in [-0.4, -0.2) is 7.05 Å². The summed E-state index contributed by atoms with van der Waals surface area (Å²) in [6.45, 7) is 7.19. The minimum absolute atomic E-state index is 0. The summed E-state index contributed by atoms with van der Waals surface area (Å²) < 4.78 is 0. The zero-order chi connectivity index (χ0) is 7.28. The van der Waals surface area contributed by atoms with Crippen molar-refractivity contribution in [1.82, 2.24) is 16.0 Å². The molecule has 0 saturated carbocycles. The van der Waals surface area contributed by atoms with Gasteiger partial charge in [-0.2, -0.15) is 0 Å². The van der Waals surface area contributed by atoms with Crippen molar-refractivity contribution in [3.63, 3.8) is 0 Å². The van der Waals surface area contributed by atoms with Gasteiger partial charge in [-0.3, -0.25) is 7.05 Å². The van der Waals surface area contributed by atoms with Gasteiger partial charge in [-0.05, 0) is 0 Å². The Bertz CT molecular complexity index is 111. The molecule has 0 atom stereocenters. The van der Waals surface area contributed by atoms with Gasteiger partial charge in [-0.25, -0.2) is 0 Å². The molecule has 0 fully saturated rings. The predicted molar refractivity (Wildman–Crippen MR) is 39.0 cm³/mol. The summed E-state index contributed by atoms with van der Waals surface area (Å²) in [5.74, 6) is 1.31. The molecule has 0 saturated heterocycles. The molecule has 0 bridgehead atoms. The van der Waals surface area contributed by atoms with Crippen molar-refractivity contribution >= 4 is 0 Å². The third kappa shape index (κ3) is 11.1. The molecular formula is C6H12N3Y2-. The third-order valence-corrected chi connectivity index (χ3v) is 0.817. The second kappa shape index (κ2) is 11.1. The minimum Gasteiger partial charge on any atom is -0.525 e. The van der Waals surface area contributed by atoms with Crippen LogP contribution in [0.4, 0.5) is 0 Å². The van der Waals surface area contributed by atoms with Gasteiger partial charge in [0.15, 0.2) is 0 Å². The standard InChI is InChI=1S/C6H12N3.2Y/c1-5(7-3)9-6(2)8-4;;/h7-9H,1-3H2,4H3;;/q-1;;. The zero-order valence-electron chi connectivity index (χ0n) is 6.78. The van der Waals surface area contributed by atoms with E-state index in [0.717, 1.165) is 0 Å². The molecule has 11 heavy (non-hydrogen) atoms. The Morgan fingerprint density at radius 3 is 1.91 bits per heavy atom. The van der Waals surface area contributed by atoms with Crippen molar-refractivity contribution < 1.29 is 65.4 Å². The summed E-state index contributed by atoms with van der Waals surface area (Å²) in [5, 5.41) is 8.18. The topological polar surface area (TPSA) is 36.1 Å². The van der Waals surface area contributed by atoms with Crippen LogP contribution in [0, 0.1) is 7.05 Å². The Hall–Kier alpha value is 1.09. The zero-order valence-corrected chi connectivity index (χ0v) is 12.5. The van der Waals surface area contributed by atoms with Crippen molar-refractivity contribution in [3.05, 3.63) is 31.8 Å². The van der Waals surface area contributed by atoms with Crippen LogP contribution in [0.5, 0.6) is 0 Å². The Morgan fingerprint density at radius 1 is 1.18 bits per heavy atom. The van der Waals surface area contributed by atoms with Gasteiger partial charge in [0.05, 0.1) is 11.6 Å². The van der Waals surface area contributed by atoms with E-state index in [0.29, 0.717) is 11.6 Å². The van der Waals surface area contributed by atoms with E-state index in [1.165, 1.54) is 0 Å². The normalized spacial score (nSPS) is 6.36. The van der Waals surface area contributed by atoms with Crippen molar-refractivity contribution in [3.8, 4) is 0 Å². The number of rotatable bonds is 4. The molecule has 3 nitrogen and oxygen atoms in total. The molecule has 0 aromatic carbocycles. The Balaban J connectivity index is -0.000000320. The van der Waals surface area contributed by atoms with Gasteiger partial charge in [0.2, 0.25) is 0 Å². The van der Waals surface area contributed by atoms with E-state index >= 15 is 0 Å². The Kier molecular flexibility index (Phi) is 18.1. The monoisotopic (exact) mass is 304 g/mol. The summed E-state index contributed by atoms with van der Waals surface area (Å²) >= 11 is 0. The molecule has 0 rings (SSSR count). The average Bonchev–Trinajstić information content (AvgIpc) is 1.87. The van der Waals surface area contributed by atoms with Crippen LogP contribution in [0.25, 0.3) is 0 Å². The van der Waals surface area contributed by atoms with Crippen LogP contribution in [-0.2, 0) is 65.4 Å². The second-order valence-corrected chi connectivity index (χ2v) is 1.51. The SMILES string of the molecule is C=C(N[CH2-])NC(=C)NC.[Y].[Y]. The quantitative estimate of drug-likeness (QED) is 0.646. The first-order valence-corrected chi connectivity index (χ1v) is 2.56. The van der Waals surface area contributed by atoms with E-state index < -0.39 is 0 Å². The first-order chi connectivity index (χ1) is 4.20. The minimum atomic E-state index is 0. The van der Waals surface area contributed by atoms with Crippen molar-refractivity contribution in [1.29, 1.82) is 0 Å². The smallest absolute Gasteiger partial charge is 0.0964 e. The molecule has 0 aliphatic rings.